The van der Waals surface area contributed by atoms with Gasteiger partial charge in [0.25, 0.3) is 10.0 Å². The predicted molar refractivity (Wildman–Crippen MR) is 107 cm³/mol. The summed E-state index contributed by atoms with van der Waals surface area (Å²) < 4.78 is 54.0. The fourth-order valence-corrected chi connectivity index (χ4v) is 6.13. The fourth-order valence-electron chi connectivity index (χ4n) is 3.29. The molecule has 1 heterocycles. The van der Waals surface area contributed by atoms with Gasteiger partial charge in [-0.3, -0.25) is 9.03 Å². The molecule has 6 nitrogen and oxygen atoms in total. The summed E-state index contributed by atoms with van der Waals surface area (Å²) in [6.45, 7) is 0.405. The molecule has 0 amide bonds. The molecular formula is C19H18N2O4S2. The van der Waals surface area contributed by atoms with Crippen LogP contribution in [-0.4, -0.2) is 29.1 Å². The summed E-state index contributed by atoms with van der Waals surface area (Å²) in [7, 11) is -7.15. The quantitative estimate of drug-likeness (QED) is 0.726. The molecule has 0 saturated carbocycles. The summed E-state index contributed by atoms with van der Waals surface area (Å²) in [5.74, 6) is 0.110. The van der Waals surface area contributed by atoms with Gasteiger partial charge in [0, 0.05) is 11.9 Å². The van der Waals surface area contributed by atoms with Crippen LogP contribution in [0.1, 0.15) is 6.42 Å². The maximum Gasteiger partial charge on any atom is 0.262 e. The van der Waals surface area contributed by atoms with E-state index in [1.807, 2.05) is 18.2 Å². The van der Waals surface area contributed by atoms with E-state index < -0.39 is 20.0 Å². The molecule has 0 radical (unpaired) electrons. The van der Waals surface area contributed by atoms with Gasteiger partial charge in [0.05, 0.1) is 22.0 Å². The van der Waals surface area contributed by atoms with Crippen LogP contribution in [0.3, 0.4) is 0 Å². The van der Waals surface area contributed by atoms with Crippen molar-refractivity contribution >= 4 is 42.2 Å². The Morgan fingerprint density at radius 2 is 1.67 bits per heavy atom. The molecule has 8 heteroatoms. The van der Waals surface area contributed by atoms with Gasteiger partial charge in [-0.1, -0.05) is 42.5 Å². The van der Waals surface area contributed by atoms with Crippen LogP contribution in [-0.2, 0) is 20.0 Å². The molecule has 4 rings (SSSR count). The lowest BCUT2D eigenvalue weighted by Gasteiger charge is -2.18. The number of hydrogen-bond acceptors (Lipinski definition) is 4. The van der Waals surface area contributed by atoms with E-state index in [1.165, 1.54) is 4.31 Å². The van der Waals surface area contributed by atoms with Crippen LogP contribution in [0, 0.1) is 0 Å². The zero-order valence-corrected chi connectivity index (χ0v) is 16.0. The molecule has 0 unspecified atom stereocenters. The van der Waals surface area contributed by atoms with Crippen molar-refractivity contribution in [1.82, 2.24) is 0 Å². The second-order valence-electron chi connectivity index (χ2n) is 6.37. The van der Waals surface area contributed by atoms with Crippen LogP contribution in [0.4, 0.5) is 11.4 Å². The van der Waals surface area contributed by atoms with E-state index in [0.717, 1.165) is 5.39 Å². The largest absolute Gasteiger partial charge is 0.280 e. The van der Waals surface area contributed by atoms with Crippen molar-refractivity contribution in [1.29, 1.82) is 0 Å². The number of benzene rings is 3. The Hall–Kier alpha value is -2.58. The second-order valence-corrected chi connectivity index (χ2v) is 10.0. The highest BCUT2D eigenvalue weighted by Crippen LogP contribution is 2.29. The van der Waals surface area contributed by atoms with Crippen molar-refractivity contribution in [2.45, 2.75) is 11.3 Å². The van der Waals surface area contributed by atoms with Gasteiger partial charge in [0.2, 0.25) is 10.0 Å². The minimum Gasteiger partial charge on any atom is -0.280 e. The van der Waals surface area contributed by atoms with Crippen molar-refractivity contribution in [2.24, 2.45) is 0 Å². The SMILES string of the molecule is O=S(=O)(Nc1cccc(N2CCCS2(=O)=O)c1)c1cccc2ccccc12. The van der Waals surface area contributed by atoms with Crippen LogP contribution in [0.2, 0.25) is 0 Å². The van der Waals surface area contributed by atoms with Gasteiger partial charge in [-0.15, -0.1) is 0 Å². The van der Waals surface area contributed by atoms with E-state index in [9.17, 15) is 16.8 Å². The molecule has 1 aliphatic rings. The summed E-state index contributed by atoms with van der Waals surface area (Å²) in [5.41, 5.74) is 0.785. The van der Waals surface area contributed by atoms with Crippen molar-refractivity contribution in [3.8, 4) is 0 Å². The molecule has 0 atom stereocenters. The summed E-state index contributed by atoms with van der Waals surface area (Å²) in [6, 6.07) is 18.8. The molecule has 0 aliphatic carbocycles. The molecule has 0 aromatic heterocycles. The van der Waals surface area contributed by atoms with Crippen molar-refractivity contribution in [3.05, 3.63) is 66.7 Å². The van der Waals surface area contributed by atoms with Gasteiger partial charge >= 0.3 is 0 Å². The van der Waals surface area contributed by atoms with Crippen LogP contribution < -0.4 is 9.03 Å². The second kappa shape index (κ2) is 6.54. The molecule has 1 saturated heterocycles. The van der Waals surface area contributed by atoms with E-state index in [0.29, 0.717) is 29.7 Å². The van der Waals surface area contributed by atoms with Gasteiger partial charge < -0.3 is 0 Å². The first-order valence-electron chi connectivity index (χ1n) is 8.48. The Morgan fingerprint density at radius 3 is 2.44 bits per heavy atom. The molecule has 1 fully saturated rings. The molecule has 0 bridgehead atoms. The summed E-state index contributed by atoms with van der Waals surface area (Å²) in [4.78, 5) is 0.180. The number of anilines is 2. The standard InChI is InChI=1S/C19H18N2O4S2/c22-26(23)13-5-12-21(26)17-9-4-8-16(14-17)20-27(24,25)19-11-3-7-15-6-1-2-10-18(15)19/h1-4,6-11,14,20H,5,12-13H2. The highest BCUT2D eigenvalue weighted by atomic mass is 32.2. The monoisotopic (exact) mass is 402 g/mol. The molecule has 140 valence electrons. The van der Waals surface area contributed by atoms with E-state index in [-0.39, 0.29) is 10.6 Å². The molecule has 0 spiro atoms. The number of nitrogens with zero attached hydrogens (tertiary/aromatic N) is 1. The fraction of sp³-hybridized carbons (Fsp3) is 0.158. The Bertz CT molecular complexity index is 1220. The normalized spacial score (nSPS) is 16.5. The Morgan fingerprint density at radius 1 is 0.926 bits per heavy atom. The first-order valence-corrected chi connectivity index (χ1v) is 11.6. The van der Waals surface area contributed by atoms with Crippen LogP contribution in [0.25, 0.3) is 10.8 Å². The third-order valence-corrected chi connectivity index (χ3v) is 7.83. The topological polar surface area (TPSA) is 83.6 Å². The number of hydrogen-bond donors (Lipinski definition) is 1. The Kier molecular flexibility index (Phi) is 4.32. The number of fused-ring (bicyclic) bond motifs is 1. The van der Waals surface area contributed by atoms with Gasteiger partial charge in [-0.2, -0.15) is 0 Å². The number of nitrogens with one attached hydrogen (secondary N) is 1. The van der Waals surface area contributed by atoms with Crippen LogP contribution >= 0.6 is 0 Å². The molecule has 1 N–H and O–H groups in total. The average molecular weight is 402 g/mol. The van der Waals surface area contributed by atoms with Crippen molar-refractivity contribution < 1.29 is 16.8 Å². The maximum atomic E-state index is 12.9. The van der Waals surface area contributed by atoms with Crippen molar-refractivity contribution in [3.63, 3.8) is 0 Å². The van der Waals surface area contributed by atoms with E-state index in [2.05, 4.69) is 4.72 Å². The van der Waals surface area contributed by atoms with Gasteiger partial charge in [-0.25, -0.2) is 16.8 Å². The summed E-state index contributed by atoms with van der Waals surface area (Å²) >= 11 is 0. The summed E-state index contributed by atoms with van der Waals surface area (Å²) in [5, 5.41) is 1.46. The first kappa shape index (κ1) is 17.8. The molecule has 3 aromatic rings. The molecule has 27 heavy (non-hydrogen) atoms. The Labute approximate surface area is 158 Å². The highest BCUT2D eigenvalue weighted by Gasteiger charge is 2.28. The average Bonchev–Trinajstić information content (AvgIpc) is 3.00. The van der Waals surface area contributed by atoms with Gasteiger partial charge in [0.1, 0.15) is 0 Å². The zero-order valence-electron chi connectivity index (χ0n) is 14.4. The smallest absolute Gasteiger partial charge is 0.262 e. The first-order chi connectivity index (χ1) is 12.9. The van der Waals surface area contributed by atoms with E-state index in [1.54, 1.807) is 48.5 Å². The van der Waals surface area contributed by atoms with Gasteiger partial charge in [-0.05, 0) is 36.1 Å². The predicted octanol–water partition coefficient (Wildman–Crippen LogP) is 3.18. The highest BCUT2D eigenvalue weighted by molar-refractivity contribution is 7.93. The minimum atomic E-state index is -3.83. The summed E-state index contributed by atoms with van der Waals surface area (Å²) in [6.07, 6.45) is 0.564. The van der Waals surface area contributed by atoms with Gasteiger partial charge in [0.15, 0.2) is 0 Å². The molecule has 3 aromatic carbocycles. The van der Waals surface area contributed by atoms with E-state index >= 15 is 0 Å². The molecule has 1 aliphatic heterocycles. The minimum absolute atomic E-state index is 0.110. The van der Waals surface area contributed by atoms with E-state index in [4.69, 9.17) is 0 Å². The Balaban J connectivity index is 1.70. The third kappa shape index (κ3) is 3.38. The molecular weight excluding hydrogens is 384 g/mol. The maximum absolute atomic E-state index is 12.9. The number of rotatable bonds is 4. The lowest BCUT2D eigenvalue weighted by atomic mass is 10.1. The van der Waals surface area contributed by atoms with Crippen LogP contribution in [0.15, 0.2) is 71.6 Å². The zero-order chi connectivity index (χ0) is 19.1. The number of sulfonamides is 2. The lowest BCUT2D eigenvalue weighted by molar-refractivity contribution is 0.599. The van der Waals surface area contributed by atoms with Crippen LogP contribution in [0.5, 0.6) is 0 Å². The third-order valence-electron chi connectivity index (χ3n) is 4.52. The van der Waals surface area contributed by atoms with Crippen molar-refractivity contribution in [2.75, 3.05) is 21.3 Å². The lowest BCUT2D eigenvalue weighted by Crippen LogP contribution is -2.25.